The van der Waals surface area contributed by atoms with E-state index in [0.717, 1.165) is 19.4 Å². The van der Waals surface area contributed by atoms with Crippen LogP contribution >= 0.6 is 0 Å². The van der Waals surface area contributed by atoms with Crippen LogP contribution in [0.25, 0.3) is 0 Å². The number of carboxylic acid groups (broad SMARTS) is 1. The molecule has 3 nitrogen and oxygen atoms in total. The summed E-state index contributed by atoms with van der Waals surface area (Å²) in [4.78, 5) is 12.6. The summed E-state index contributed by atoms with van der Waals surface area (Å²) in [6, 6.07) is 0.450. The average molecular weight is 187 g/mol. The minimum absolute atomic E-state index is 0.252. The molecule has 0 heterocycles. The summed E-state index contributed by atoms with van der Waals surface area (Å²) in [6.07, 6.45) is 2.57. The molecule has 0 aliphatic carbocycles. The van der Waals surface area contributed by atoms with Gasteiger partial charge < -0.3 is 10.0 Å². The van der Waals surface area contributed by atoms with Crippen molar-refractivity contribution in [1.29, 1.82) is 0 Å². The predicted octanol–water partition coefficient (Wildman–Crippen LogP) is 1.97. The molecule has 13 heavy (non-hydrogen) atoms. The van der Waals surface area contributed by atoms with Gasteiger partial charge in [-0.1, -0.05) is 13.3 Å². The molecule has 0 rings (SSSR count). The smallest absolute Gasteiger partial charge is 0.304 e. The van der Waals surface area contributed by atoms with Crippen molar-refractivity contribution in [2.24, 2.45) is 0 Å². The lowest BCUT2D eigenvalue weighted by Crippen LogP contribution is -2.33. The van der Waals surface area contributed by atoms with E-state index in [1.54, 1.807) is 0 Å². The second-order valence-corrected chi connectivity index (χ2v) is 3.63. The van der Waals surface area contributed by atoms with E-state index in [4.69, 9.17) is 5.11 Å². The van der Waals surface area contributed by atoms with Crippen molar-refractivity contribution < 1.29 is 9.90 Å². The van der Waals surface area contributed by atoms with Crippen LogP contribution in [0.5, 0.6) is 0 Å². The number of carboxylic acids is 1. The highest BCUT2D eigenvalue weighted by molar-refractivity contribution is 5.66. The fraction of sp³-hybridized carbons (Fsp3) is 0.900. The molecule has 0 amide bonds. The number of rotatable bonds is 7. The molecule has 0 aliphatic heterocycles. The first kappa shape index (κ1) is 12.4. The first-order chi connectivity index (χ1) is 6.07. The summed E-state index contributed by atoms with van der Waals surface area (Å²) in [6.45, 7) is 8.05. The molecule has 78 valence electrons. The van der Waals surface area contributed by atoms with E-state index in [1.165, 1.54) is 0 Å². The Kier molecular flexibility index (Phi) is 6.59. The highest BCUT2D eigenvalue weighted by atomic mass is 16.4. The molecule has 0 spiro atoms. The lowest BCUT2D eigenvalue weighted by molar-refractivity contribution is -0.137. The molecular weight excluding hydrogens is 166 g/mol. The Labute approximate surface area is 80.7 Å². The Balaban J connectivity index is 3.73. The molecule has 0 saturated heterocycles. The Hall–Kier alpha value is -0.570. The van der Waals surface area contributed by atoms with Crippen molar-refractivity contribution in [3.05, 3.63) is 0 Å². The van der Waals surface area contributed by atoms with Crippen LogP contribution in [0, 0.1) is 0 Å². The summed E-state index contributed by atoms with van der Waals surface area (Å²) >= 11 is 0. The van der Waals surface area contributed by atoms with Crippen LogP contribution in [0.4, 0.5) is 0 Å². The maximum Gasteiger partial charge on any atom is 0.304 e. The minimum Gasteiger partial charge on any atom is -0.481 e. The highest BCUT2D eigenvalue weighted by Gasteiger charge is 2.09. The van der Waals surface area contributed by atoms with Gasteiger partial charge in [-0.25, -0.2) is 0 Å². The molecule has 0 atom stereocenters. The zero-order valence-corrected chi connectivity index (χ0v) is 8.92. The van der Waals surface area contributed by atoms with E-state index in [-0.39, 0.29) is 6.42 Å². The maximum absolute atomic E-state index is 10.4. The predicted molar refractivity (Wildman–Crippen MR) is 53.9 cm³/mol. The first-order valence-corrected chi connectivity index (χ1v) is 5.03. The quantitative estimate of drug-likeness (QED) is 0.662. The van der Waals surface area contributed by atoms with Gasteiger partial charge in [0.1, 0.15) is 0 Å². The molecule has 3 heteroatoms. The van der Waals surface area contributed by atoms with Crippen LogP contribution in [-0.2, 0) is 4.79 Å². The van der Waals surface area contributed by atoms with Gasteiger partial charge in [0, 0.05) is 12.6 Å². The van der Waals surface area contributed by atoms with E-state index in [1.807, 2.05) is 0 Å². The minimum atomic E-state index is -0.706. The van der Waals surface area contributed by atoms with Gasteiger partial charge >= 0.3 is 5.97 Å². The maximum atomic E-state index is 10.4. The van der Waals surface area contributed by atoms with Crippen molar-refractivity contribution in [2.75, 3.05) is 13.1 Å². The fourth-order valence-corrected chi connectivity index (χ4v) is 1.23. The standard InChI is InChI=1S/C10H21NO2/c1-4-5-7-11(9(2)3)8-6-10(12)13/h9H,4-8H2,1-3H3,(H,12,13). The van der Waals surface area contributed by atoms with Gasteiger partial charge in [-0.3, -0.25) is 4.79 Å². The first-order valence-electron chi connectivity index (χ1n) is 5.03. The summed E-state index contributed by atoms with van der Waals surface area (Å²) in [5, 5.41) is 8.54. The molecular formula is C10H21NO2. The SMILES string of the molecule is CCCCN(CCC(=O)O)C(C)C. The Bertz CT molecular complexity index is 146. The summed E-state index contributed by atoms with van der Waals surface area (Å²) < 4.78 is 0. The molecule has 0 aromatic carbocycles. The van der Waals surface area contributed by atoms with Crippen molar-refractivity contribution >= 4 is 5.97 Å². The Morgan fingerprint density at radius 1 is 1.38 bits per heavy atom. The van der Waals surface area contributed by atoms with E-state index >= 15 is 0 Å². The molecule has 0 aromatic rings. The number of carbonyl (C=O) groups is 1. The lowest BCUT2D eigenvalue weighted by Gasteiger charge is -2.25. The van der Waals surface area contributed by atoms with Crippen LogP contribution in [0.15, 0.2) is 0 Å². The monoisotopic (exact) mass is 187 g/mol. The van der Waals surface area contributed by atoms with E-state index < -0.39 is 5.97 Å². The Morgan fingerprint density at radius 2 is 2.00 bits per heavy atom. The lowest BCUT2D eigenvalue weighted by atomic mass is 10.2. The van der Waals surface area contributed by atoms with Gasteiger partial charge in [-0.15, -0.1) is 0 Å². The van der Waals surface area contributed by atoms with Gasteiger partial charge in [-0.2, -0.15) is 0 Å². The van der Waals surface area contributed by atoms with Crippen molar-refractivity contribution in [3.8, 4) is 0 Å². The fourth-order valence-electron chi connectivity index (χ4n) is 1.23. The van der Waals surface area contributed by atoms with Crippen LogP contribution < -0.4 is 0 Å². The largest absolute Gasteiger partial charge is 0.481 e. The summed E-state index contributed by atoms with van der Waals surface area (Å²) in [5.74, 6) is -0.706. The zero-order chi connectivity index (χ0) is 10.3. The number of hydrogen-bond acceptors (Lipinski definition) is 2. The average Bonchev–Trinajstić information content (AvgIpc) is 2.03. The Morgan fingerprint density at radius 3 is 2.38 bits per heavy atom. The molecule has 0 aromatic heterocycles. The zero-order valence-electron chi connectivity index (χ0n) is 8.92. The van der Waals surface area contributed by atoms with Crippen molar-refractivity contribution in [2.45, 2.75) is 46.1 Å². The number of nitrogens with zero attached hydrogens (tertiary/aromatic N) is 1. The molecule has 0 saturated carbocycles. The van der Waals surface area contributed by atoms with Crippen LogP contribution in [0.3, 0.4) is 0 Å². The number of unbranched alkanes of at least 4 members (excludes halogenated alkanes) is 1. The third-order valence-corrected chi connectivity index (χ3v) is 2.14. The third kappa shape index (κ3) is 6.58. The van der Waals surface area contributed by atoms with E-state index in [0.29, 0.717) is 12.6 Å². The van der Waals surface area contributed by atoms with Gasteiger partial charge in [0.2, 0.25) is 0 Å². The normalized spacial score (nSPS) is 11.2. The van der Waals surface area contributed by atoms with Gasteiger partial charge in [-0.05, 0) is 26.8 Å². The molecule has 0 radical (unpaired) electrons. The number of aliphatic carboxylic acids is 1. The molecule has 0 bridgehead atoms. The number of hydrogen-bond donors (Lipinski definition) is 1. The molecule has 1 N–H and O–H groups in total. The summed E-state index contributed by atoms with van der Waals surface area (Å²) in [7, 11) is 0. The van der Waals surface area contributed by atoms with Crippen LogP contribution in [0.1, 0.15) is 40.0 Å². The molecule has 0 unspecified atom stereocenters. The van der Waals surface area contributed by atoms with E-state index in [9.17, 15) is 4.79 Å². The van der Waals surface area contributed by atoms with Gasteiger partial charge in [0.15, 0.2) is 0 Å². The second kappa shape index (κ2) is 6.89. The highest BCUT2D eigenvalue weighted by Crippen LogP contribution is 2.02. The van der Waals surface area contributed by atoms with Gasteiger partial charge in [0.25, 0.3) is 0 Å². The van der Waals surface area contributed by atoms with Gasteiger partial charge in [0.05, 0.1) is 6.42 Å². The second-order valence-electron chi connectivity index (χ2n) is 3.63. The van der Waals surface area contributed by atoms with E-state index in [2.05, 4.69) is 25.7 Å². The topological polar surface area (TPSA) is 40.5 Å². The third-order valence-electron chi connectivity index (χ3n) is 2.14. The molecule has 0 aliphatic rings. The summed E-state index contributed by atoms with van der Waals surface area (Å²) in [5.41, 5.74) is 0. The van der Waals surface area contributed by atoms with Crippen molar-refractivity contribution in [1.82, 2.24) is 4.90 Å². The van der Waals surface area contributed by atoms with Crippen LogP contribution in [-0.4, -0.2) is 35.1 Å². The molecule has 0 fully saturated rings. The van der Waals surface area contributed by atoms with Crippen molar-refractivity contribution in [3.63, 3.8) is 0 Å². The van der Waals surface area contributed by atoms with Crippen LogP contribution in [0.2, 0.25) is 0 Å².